The molecule has 110 valence electrons. The highest BCUT2D eigenvalue weighted by Gasteiger charge is 2.29. The van der Waals surface area contributed by atoms with Gasteiger partial charge >= 0.3 is 0 Å². The van der Waals surface area contributed by atoms with Crippen LogP contribution in [0.1, 0.15) is 44.4 Å². The summed E-state index contributed by atoms with van der Waals surface area (Å²) >= 11 is 0. The average molecular weight is 275 g/mol. The van der Waals surface area contributed by atoms with E-state index >= 15 is 0 Å². The Kier molecular flexibility index (Phi) is 4.22. The zero-order valence-electron chi connectivity index (χ0n) is 12.3. The summed E-state index contributed by atoms with van der Waals surface area (Å²) < 4.78 is 0. The van der Waals surface area contributed by atoms with Crippen LogP contribution in [0.2, 0.25) is 0 Å². The number of aromatic nitrogens is 1. The molecule has 3 rings (SSSR count). The number of nitrogens with zero attached hydrogens (tertiary/aromatic N) is 3. The molecule has 2 saturated heterocycles. The summed E-state index contributed by atoms with van der Waals surface area (Å²) in [5.74, 6) is 0. The third-order valence-corrected chi connectivity index (χ3v) is 4.68. The quantitative estimate of drug-likeness (QED) is 0.914. The molecule has 20 heavy (non-hydrogen) atoms. The van der Waals surface area contributed by atoms with Crippen molar-refractivity contribution in [2.45, 2.75) is 44.8 Å². The zero-order chi connectivity index (χ0) is 13.9. The topological polar surface area (TPSA) is 39.6 Å². The second kappa shape index (κ2) is 6.10. The molecule has 3 heterocycles. The predicted octanol–water partition coefficient (Wildman–Crippen LogP) is 2.20. The maximum Gasteiger partial charge on any atom is 0.0957 e. The Hall–Kier alpha value is -1.13. The molecule has 2 aliphatic heterocycles. The lowest BCUT2D eigenvalue weighted by atomic mass is 10.2. The SMILES string of the molecule is CC[C@@H](O)c1ccc(N2CCC(N3CCCC3)C2)cn1. The van der Waals surface area contributed by atoms with E-state index in [9.17, 15) is 5.11 Å². The van der Waals surface area contributed by atoms with Crippen LogP contribution in [0.4, 0.5) is 5.69 Å². The van der Waals surface area contributed by atoms with Gasteiger partial charge in [0.25, 0.3) is 0 Å². The van der Waals surface area contributed by atoms with E-state index in [0.717, 1.165) is 24.8 Å². The Morgan fingerprint density at radius 3 is 2.75 bits per heavy atom. The van der Waals surface area contributed by atoms with E-state index in [1.54, 1.807) is 0 Å². The van der Waals surface area contributed by atoms with Gasteiger partial charge in [-0.3, -0.25) is 9.88 Å². The van der Waals surface area contributed by atoms with Gasteiger partial charge in [-0.25, -0.2) is 0 Å². The fourth-order valence-corrected chi connectivity index (χ4v) is 3.37. The summed E-state index contributed by atoms with van der Waals surface area (Å²) in [7, 11) is 0. The van der Waals surface area contributed by atoms with Crippen LogP contribution in [0, 0.1) is 0 Å². The fourth-order valence-electron chi connectivity index (χ4n) is 3.37. The molecule has 0 bridgehead atoms. The van der Waals surface area contributed by atoms with Crippen molar-refractivity contribution in [3.8, 4) is 0 Å². The van der Waals surface area contributed by atoms with Crippen LogP contribution in [0.3, 0.4) is 0 Å². The van der Waals surface area contributed by atoms with Gasteiger partial charge in [0.2, 0.25) is 0 Å². The van der Waals surface area contributed by atoms with E-state index < -0.39 is 6.10 Å². The molecule has 0 aliphatic carbocycles. The summed E-state index contributed by atoms with van der Waals surface area (Å²) in [5, 5.41) is 9.79. The molecule has 4 nitrogen and oxygen atoms in total. The van der Waals surface area contributed by atoms with E-state index in [1.165, 1.54) is 38.0 Å². The molecule has 1 aromatic heterocycles. The first-order chi connectivity index (χ1) is 9.78. The van der Waals surface area contributed by atoms with Crippen molar-refractivity contribution >= 4 is 5.69 Å². The lowest BCUT2D eigenvalue weighted by Gasteiger charge is -2.24. The second-order valence-electron chi connectivity index (χ2n) is 6.00. The van der Waals surface area contributed by atoms with Gasteiger partial charge in [-0.05, 0) is 50.9 Å². The molecule has 1 N–H and O–H groups in total. The number of aliphatic hydroxyl groups excluding tert-OH is 1. The lowest BCUT2D eigenvalue weighted by molar-refractivity contribution is 0.169. The molecule has 1 aromatic rings. The predicted molar refractivity (Wildman–Crippen MR) is 80.9 cm³/mol. The first-order valence-electron chi connectivity index (χ1n) is 7.91. The maximum atomic E-state index is 9.79. The summed E-state index contributed by atoms with van der Waals surface area (Å²) in [6.45, 7) is 6.77. The number of likely N-dealkylation sites (tertiary alicyclic amines) is 1. The van der Waals surface area contributed by atoms with E-state index in [1.807, 2.05) is 19.2 Å². The molecular weight excluding hydrogens is 250 g/mol. The Morgan fingerprint density at radius 2 is 2.10 bits per heavy atom. The largest absolute Gasteiger partial charge is 0.387 e. The maximum absolute atomic E-state index is 9.79. The molecule has 0 aromatic carbocycles. The van der Waals surface area contributed by atoms with Gasteiger partial charge in [0.05, 0.1) is 23.7 Å². The molecule has 2 atom stereocenters. The van der Waals surface area contributed by atoms with Gasteiger partial charge < -0.3 is 10.0 Å². The molecule has 2 aliphatic rings. The molecule has 1 unspecified atom stereocenters. The van der Waals surface area contributed by atoms with Gasteiger partial charge in [0.1, 0.15) is 0 Å². The van der Waals surface area contributed by atoms with Crippen molar-refractivity contribution in [3.05, 3.63) is 24.0 Å². The third-order valence-electron chi connectivity index (χ3n) is 4.68. The Labute approximate surface area is 121 Å². The minimum atomic E-state index is -0.431. The van der Waals surface area contributed by atoms with Crippen LogP contribution < -0.4 is 4.90 Å². The Balaban J connectivity index is 1.62. The minimum absolute atomic E-state index is 0.431. The van der Waals surface area contributed by atoms with Crippen LogP contribution in [0.25, 0.3) is 0 Å². The van der Waals surface area contributed by atoms with Crippen molar-refractivity contribution < 1.29 is 5.11 Å². The van der Waals surface area contributed by atoms with Crippen molar-refractivity contribution in [1.29, 1.82) is 0 Å². The zero-order valence-corrected chi connectivity index (χ0v) is 12.3. The standard InChI is InChI=1S/C16H25N3O/c1-2-16(20)15-6-5-13(11-17-15)19-10-7-14(12-19)18-8-3-4-9-18/h5-6,11,14,16,20H,2-4,7-10,12H2,1H3/t14?,16-/m1/s1. The second-order valence-corrected chi connectivity index (χ2v) is 6.00. The van der Waals surface area contributed by atoms with Gasteiger partial charge in [-0.2, -0.15) is 0 Å². The van der Waals surface area contributed by atoms with Gasteiger partial charge in [0.15, 0.2) is 0 Å². The first-order valence-corrected chi connectivity index (χ1v) is 7.91. The van der Waals surface area contributed by atoms with Gasteiger partial charge in [-0.1, -0.05) is 6.92 Å². The number of hydrogen-bond acceptors (Lipinski definition) is 4. The van der Waals surface area contributed by atoms with Crippen molar-refractivity contribution in [2.24, 2.45) is 0 Å². The molecule has 0 radical (unpaired) electrons. The minimum Gasteiger partial charge on any atom is -0.387 e. The van der Waals surface area contributed by atoms with Crippen LogP contribution in [0.15, 0.2) is 18.3 Å². The number of hydrogen-bond donors (Lipinski definition) is 1. The highest BCUT2D eigenvalue weighted by molar-refractivity contribution is 5.46. The Bertz CT molecular complexity index is 428. The van der Waals surface area contributed by atoms with Gasteiger partial charge in [-0.15, -0.1) is 0 Å². The Morgan fingerprint density at radius 1 is 1.30 bits per heavy atom. The lowest BCUT2D eigenvalue weighted by Crippen LogP contribution is -2.35. The summed E-state index contributed by atoms with van der Waals surface area (Å²) in [5.41, 5.74) is 1.98. The molecular formula is C16H25N3O. The molecule has 0 spiro atoms. The number of pyridine rings is 1. The van der Waals surface area contributed by atoms with Gasteiger partial charge in [0, 0.05) is 19.1 Å². The van der Waals surface area contributed by atoms with E-state index in [2.05, 4.69) is 20.9 Å². The average Bonchev–Trinajstić information content (AvgIpc) is 3.17. The summed E-state index contributed by atoms with van der Waals surface area (Å²) in [6, 6.07) is 4.79. The molecule has 0 saturated carbocycles. The summed E-state index contributed by atoms with van der Waals surface area (Å²) in [6.07, 6.45) is 6.19. The first kappa shape index (κ1) is 13.8. The van der Waals surface area contributed by atoms with Crippen LogP contribution in [-0.4, -0.2) is 47.2 Å². The number of rotatable bonds is 4. The number of aliphatic hydroxyl groups is 1. The number of anilines is 1. The molecule has 4 heteroatoms. The third kappa shape index (κ3) is 2.81. The highest BCUT2D eigenvalue weighted by Crippen LogP contribution is 2.25. The highest BCUT2D eigenvalue weighted by atomic mass is 16.3. The van der Waals surface area contributed by atoms with Crippen LogP contribution in [-0.2, 0) is 0 Å². The van der Waals surface area contributed by atoms with Crippen molar-refractivity contribution in [3.63, 3.8) is 0 Å². The van der Waals surface area contributed by atoms with E-state index in [0.29, 0.717) is 6.42 Å². The normalized spacial score (nSPS) is 25.3. The fraction of sp³-hybridized carbons (Fsp3) is 0.688. The smallest absolute Gasteiger partial charge is 0.0957 e. The van der Waals surface area contributed by atoms with Crippen LogP contribution >= 0.6 is 0 Å². The van der Waals surface area contributed by atoms with E-state index in [4.69, 9.17) is 0 Å². The van der Waals surface area contributed by atoms with E-state index in [-0.39, 0.29) is 0 Å². The van der Waals surface area contributed by atoms with Crippen molar-refractivity contribution in [2.75, 3.05) is 31.1 Å². The summed E-state index contributed by atoms with van der Waals surface area (Å²) in [4.78, 5) is 9.48. The van der Waals surface area contributed by atoms with Crippen LogP contribution in [0.5, 0.6) is 0 Å². The monoisotopic (exact) mass is 275 g/mol. The molecule has 0 amide bonds. The van der Waals surface area contributed by atoms with Crippen molar-refractivity contribution in [1.82, 2.24) is 9.88 Å². The molecule has 2 fully saturated rings.